The molecule has 0 bridgehead atoms. The monoisotopic (exact) mass is 746 g/mol. The maximum atomic E-state index is 5.79. The third-order valence-corrected chi connectivity index (χ3v) is 12.9. The van der Waals surface area contributed by atoms with Crippen LogP contribution in [0, 0.1) is 0 Å². The van der Waals surface area contributed by atoms with Crippen molar-refractivity contribution < 1.29 is 0 Å². The number of benzene rings is 9. The second kappa shape index (κ2) is 13.7. The zero-order valence-corrected chi connectivity index (χ0v) is 32.1. The molecule has 1 aliphatic heterocycles. The number of fused-ring (bicyclic) bond motifs is 10. The molecule has 1 aliphatic rings. The van der Waals surface area contributed by atoms with E-state index < -0.39 is 0 Å². The quantitative estimate of drug-likeness (QED) is 0.138. The number of hydrogen-bond acceptors (Lipinski definition) is 3. The molecular formula is C54H38N2S. The van der Waals surface area contributed by atoms with E-state index >= 15 is 0 Å². The first-order chi connectivity index (χ1) is 28.2. The van der Waals surface area contributed by atoms with Crippen LogP contribution in [0.5, 0.6) is 0 Å². The molecule has 57 heavy (non-hydrogen) atoms. The summed E-state index contributed by atoms with van der Waals surface area (Å²) < 4.78 is 2.61. The van der Waals surface area contributed by atoms with Gasteiger partial charge >= 0.3 is 0 Å². The van der Waals surface area contributed by atoms with E-state index in [1.54, 1.807) is 0 Å². The Morgan fingerprint density at radius 3 is 1.74 bits per heavy atom. The Bertz CT molecular complexity index is 3210. The molecule has 3 heteroatoms. The fraction of sp³-hybridized carbons (Fsp3) is 0.0556. The molecule has 10 aromatic rings. The number of rotatable bonds is 5. The molecule has 0 saturated carbocycles. The van der Waals surface area contributed by atoms with E-state index in [0.717, 1.165) is 22.5 Å². The lowest BCUT2D eigenvalue weighted by Gasteiger charge is -2.22. The van der Waals surface area contributed by atoms with Crippen LogP contribution in [0.1, 0.15) is 35.2 Å². The maximum absolute atomic E-state index is 5.79. The van der Waals surface area contributed by atoms with Crippen LogP contribution in [0.3, 0.4) is 0 Å². The summed E-state index contributed by atoms with van der Waals surface area (Å²) in [5.74, 6) is 0.877. The van der Waals surface area contributed by atoms with E-state index in [0.29, 0.717) is 6.42 Å². The summed E-state index contributed by atoms with van der Waals surface area (Å²) in [6, 6.07) is 67.8. The Labute approximate surface area is 336 Å². The third kappa shape index (κ3) is 5.74. The average Bonchev–Trinajstić information content (AvgIpc) is 3.58. The van der Waals surface area contributed by atoms with Crippen LogP contribution in [0.25, 0.3) is 74.7 Å². The van der Waals surface area contributed by atoms with Crippen molar-refractivity contribution in [1.82, 2.24) is 5.32 Å². The van der Waals surface area contributed by atoms with Gasteiger partial charge in [-0.3, -0.25) is 4.99 Å². The van der Waals surface area contributed by atoms with Crippen molar-refractivity contribution in [3.8, 4) is 22.3 Å². The Morgan fingerprint density at radius 1 is 0.474 bits per heavy atom. The minimum Gasteiger partial charge on any atom is -0.359 e. The summed E-state index contributed by atoms with van der Waals surface area (Å²) in [5, 5.41) is 14.3. The van der Waals surface area contributed by atoms with Gasteiger partial charge in [-0.15, -0.1) is 11.3 Å². The van der Waals surface area contributed by atoms with Crippen LogP contribution >= 0.6 is 11.3 Å². The molecule has 0 fully saturated rings. The van der Waals surface area contributed by atoms with Crippen molar-refractivity contribution >= 4 is 69.7 Å². The van der Waals surface area contributed by atoms with Gasteiger partial charge in [0.15, 0.2) is 0 Å². The van der Waals surface area contributed by atoms with Crippen molar-refractivity contribution in [3.63, 3.8) is 0 Å². The summed E-state index contributed by atoms with van der Waals surface area (Å²) in [6.07, 6.45) is 0.700. The normalized spacial score (nSPS) is 15.9. The van der Waals surface area contributed by atoms with Gasteiger partial charge in [0, 0.05) is 31.1 Å². The fourth-order valence-electron chi connectivity index (χ4n) is 9.07. The smallest absolute Gasteiger partial charge is 0.129 e. The molecule has 0 radical (unpaired) electrons. The number of hydrogen-bond donors (Lipinski definition) is 1. The molecule has 1 aromatic heterocycles. The Hall–Kier alpha value is -6.81. The lowest BCUT2D eigenvalue weighted by molar-refractivity contribution is 0.678. The van der Waals surface area contributed by atoms with Crippen LogP contribution in [0.15, 0.2) is 205 Å². The molecule has 1 N–H and O–H groups in total. The lowest BCUT2D eigenvalue weighted by atomic mass is 9.87. The minimum absolute atomic E-state index is 0.141. The molecule has 2 unspecified atom stereocenters. The lowest BCUT2D eigenvalue weighted by Crippen LogP contribution is -2.29. The van der Waals surface area contributed by atoms with E-state index in [4.69, 9.17) is 11.6 Å². The molecule has 2 nitrogen and oxygen atoms in total. The van der Waals surface area contributed by atoms with Crippen LogP contribution in [-0.2, 0) is 0 Å². The van der Waals surface area contributed by atoms with E-state index in [9.17, 15) is 0 Å². The standard InChI is InChI=1S/C54H38N2S/c1-34-30-48(47-33-46-43-26-9-8-24-41(43)42-25-10-11-27-44(42)50(46)53-51(47)45-28-12-13-29-49(45)57-53)55-54(40-23-15-21-38(32-40)36-18-6-3-7-19-36)56-52(34)39-22-14-20-37(31-39)35-16-4-2-5-17-35/h2-29,31-33,48,52H,1,30H2,(H,55,56). The zero-order valence-electron chi connectivity index (χ0n) is 31.3. The Morgan fingerprint density at radius 2 is 1.02 bits per heavy atom. The fourth-order valence-corrected chi connectivity index (χ4v) is 10.4. The van der Waals surface area contributed by atoms with E-state index in [2.05, 4.69) is 193 Å². The van der Waals surface area contributed by atoms with Crippen molar-refractivity contribution in [2.75, 3.05) is 0 Å². The summed E-state index contributed by atoms with van der Waals surface area (Å²) in [4.78, 5) is 5.79. The first-order valence-electron chi connectivity index (χ1n) is 19.7. The van der Waals surface area contributed by atoms with Crippen molar-refractivity contribution in [2.45, 2.75) is 18.5 Å². The van der Waals surface area contributed by atoms with E-state index in [1.165, 1.54) is 80.3 Å². The summed E-state index contributed by atoms with van der Waals surface area (Å²) in [6.45, 7) is 4.85. The second-order valence-corrected chi connectivity index (χ2v) is 16.2. The van der Waals surface area contributed by atoms with Gasteiger partial charge in [0.1, 0.15) is 5.84 Å². The van der Waals surface area contributed by atoms with Gasteiger partial charge in [-0.05, 0) is 96.6 Å². The highest BCUT2D eigenvalue weighted by Gasteiger charge is 2.29. The second-order valence-electron chi connectivity index (χ2n) is 15.2. The predicted octanol–water partition coefficient (Wildman–Crippen LogP) is 14.6. The highest BCUT2D eigenvalue weighted by molar-refractivity contribution is 7.26. The number of nitrogens with zero attached hydrogens (tertiary/aromatic N) is 1. The minimum atomic E-state index is -0.183. The summed E-state index contributed by atoms with van der Waals surface area (Å²) in [7, 11) is 0. The Kier molecular flexibility index (Phi) is 8.08. The van der Waals surface area contributed by atoms with Gasteiger partial charge in [0.05, 0.1) is 12.1 Å². The highest BCUT2D eigenvalue weighted by Crippen LogP contribution is 2.49. The Balaban J connectivity index is 1.16. The number of nitrogens with one attached hydrogen (secondary N) is 1. The van der Waals surface area contributed by atoms with Gasteiger partial charge in [0.2, 0.25) is 0 Å². The van der Waals surface area contributed by atoms with E-state index in [1.807, 2.05) is 11.3 Å². The summed E-state index contributed by atoms with van der Waals surface area (Å²) >= 11 is 1.91. The van der Waals surface area contributed by atoms with E-state index in [-0.39, 0.29) is 12.1 Å². The van der Waals surface area contributed by atoms with Gasteiger partial charge in [0.25, 0.3) is 0 Å². The molecule has 270 valence electrons. The molecule has 0 saturated heterocycles. The van der Waals surface area contributed by atoms with Gasteiger partial charge in [-0.25, -0.2) is 0 Å². The molecular weight excluding hydrogens is 709 g/mol. The largest absolute Gasteiger partial charge is 0.359 e. The molecule has 0 aliphatic carbocycles. The van der Waals surface area contributed by atoms with Crippen molar-refractivity contribution in [2.24, 2.45) is 4.99 Å². The van der Waals surface area contributed by atoms with Crippen molar-refractivity contribution in [1.29, 1.82) is 0 Å². The first kappa shape index (κ1) is 33.5. The molecule has 2 atom stereocenters. The molecule has 2 heterocycles. The van der Waals surface area contributed by atoms with Crippen LogP contribution in [-0.4, -0.2) is 5.84 Å². The molecule has 11 rings (SSSR count). The van der Waals surface area contributed by atoms with Crippen LogP contribution < -0.4 is 5.32 Å². The van der Waals surface area contributed by atoms with Gasteiger partial charge in [-0.2, -0.15) is 0 Å². The first-order valence-corrected chi connectivity index (χ1v) is 20.5. The van der Waals surface area contributed by atoms with Gasteiger partial charge in [-0.1, -0.05) is 170 Å². The van der Waals surface area contributed by atoms with Crippen molar-refractivity contribution in [3.05, 3.63) is 217 Å². The third-order valence-electron chi connectivity index (χ3n) is 11.7. The SMILES string of the molecule is C=C1CC(c2cc3c4ccccc4c4ccccc4c3c3sc4ccccc4c23)N=C(c2cccc(-c3ccccc3)c2)NC1c1cccc(-c2ccccc2)c1. The molecule has 9 aromatic carbocycles. The number of thiophene rings is 1. The predicted molar refractivity (Wildman–Crippen MR) is 245 cm³/mol. The van der Waals surface area contributed by atoms with Crippen LogP contribution in [0.4, 0.5) is 0 Å². The molecule has 0 amide bonds. The van der Waals surface area contributed by atoms with Crippen LogP contribution in [0.2, 0.25) is 0 Å². The average molecular weight is 747 g/mol. The number of aliphatic imine (C=N–C) groups is 1. The topological polar surface area (TPSA) is 24.4 Å². The highest BCUT2D eigenvalue weighted by atomic mass is 32.1. The number of amidine groups is 1. The summed E-state index contributed by atoms with van der Waals surface area (Å²) in [5.41, 5.74) is 9.32. The van der Waals surface area contributed by atoms with Gasteiger partial charge < -0.3 is 5.32 Å². The maximum Gasteiger partial charge on any atom is 0.129 e. The zero-order chi connectivity index (χ0) is 37.9. The molecule has 0 spiro atoms.